The van der Waals surface area contributed by atoms with Gasteiger partial charge < -0.3 is 24.4 Å². The van der Waals surface area contributed by atoms with Crippen molar-refractivity contribution >= 4 is 29.9 Å². The first kappa shape index (κ1) is 25.9. The predicted molar refractivity (Wildman–Crippen MR) is 142 cm³/mol. The first-order valence-electron chi connectivity index (χ1n) is 11.6. The largest absolute Gasteiger partial charge is 0.381 e. The zero-order valence-corrected chi connectivity index (χ0v) is 22.0. The maximum atomic E-state index is 6.08. The summed E-state index contributed by atoms with van der Waals surface area (Å²) in [5, 5.41) is 3.54. The van der Waals surface area contributed by atoms with Gasteiger partial charge in [0.2, 0.25) is 0 Å². The molecule has 2 aliphatic rings. The smallest absolute Gasteiger partial charge is 0.194 e. The van der Waals surface area contributed by atoms with Gasteiger partial charge in [-0.1, -0.05) is 48.5 Å². The third-order valence-corrected chi connectivity index (χ3v) is 6.21. The van der Waals surface area contributed by atoms with E-state index in [0.717, 1.165) is 51.6 Å². The third-order valence-electron chi connectivity index (χ3n) is 6.21. The number of hydrogen-bond donors (Lipinski definition) is 1. The molecule has 0 saturated carbocycles. The van der Waals surface area contributed by atoms with E-state index in [-0.39, 0.29) is 30.1 Å². The van der Waals surface area contributed by atoms with Crippen molar-refractivity contribution in [2.45, 2.75) is 45.1 Å². The van der Waals surface area contributed by atoms with Gasteiger partial charge in [-0.2, -0.15) is 0 Å². The van der Waals surface area contributed by atoms with E-state index in [9.17, 15) is 0 Å². The lowest BCUT2D eigenvalue weighted by Crippen LogP contribution is -2.48. The molecule has 2 aromatic rings. The molecule has 6 nitrogen and oxygen atoms in total. The molecule has 1 atom stereocenters. The van der Waals surface area contributed by atoms with Gasteiger partial charge in [0.25, 0.3) is 0 Å². The van der Waals surface area contributed by atoms with Gasteiger partial charge in [0.15, 0.2) is 5.96 Å². The maximum Gasteiger partial charge on any atom is 0.194 e. The molecule has 0 bridgehead atoms. The van der Waals surface area contributed by atoms with E-state index in [4.69, 9.17) is 14.2 Å². The van der Waals surface area contributed by atoms with E-state index in [1.807, 2.05) is 7.05 Å². The monoisotopic (exact) mass is 565 g/mol. The molecule has 7 heteroatoms. The molecule has 0 spiro atoms. The van der Waals surface area contributed by atoms with Crippen molar-refractivity contribution in [3.05, 3.63) is 70.8 Å². The highest BCUT2D eigenvalue weighted by molar-refractivity contribution is 14.0. The van der Waals surface area contributed by atoms with E-state index in [2.05, 4.69) is 70.7 Å². The molecule has 0 aliphatic carbocycles. The predicted octanol–water partition coefficient (Wildman–Crippen LogP) is 4.46. The van der Waals surface area contributed by atoms with E-state index in [1.165, 1.54) is 22.3 Å². The molecule has 2 aromatic carbocycles. The highest BCUT2D eigenvalue weighted by Gasteiger charge is 2.25. The Hall–Kier alpha value is -1.68. The van der Waals surface area contributed by atoms with Crippen molar-refractivity contribution in [3.63, 3.8) is 0 Å². The Morgan fingerprint density at radius 1 is 1.09 bits per heavy atom. The summed E-state index contributed by atoms with van der Waals surface area (Å²) in [5.41, 5.74) is 4.95. The third kappa shape index (κ3) is 7.40. The summed E-state index contributed by atoms with van der Waals surface area (Å²) in [4.78, 5) is 6.83. The summed E-state index contributed by atoms with van der Waals surface area (Å²) < 4.78 is 17.6. The Morgan fingerprint density at radius 2 is 1.88 bits per heavy atom. The number of halogens is 1. The van der Waals surface area contributed by atoms with Gasteiger partial charge >= 0.3 is 0 Å². The van der Waals surface area contributed by atoms with Crippen molar-refractivity contribution in [1.82, 2.24) is 10.2 Å². The van der Waals surface area contributed by atoms with Gasteiger partial charge in [-0.05, 0) is 42.0 Å². The zero-order chi connectivity index (χ0) is 22.2. The van der Waals surface area contributed by atoms with Crippen LogP contribution in [0, 0.1) is 6.92 Å². The average Bonchev–Trinajstić information content (AvgIpc) is 2.85. The minimum Gasteiger partial charge on any atom is -0.381 e. The Kier molecular flexibility index (Phi) is 10.4. The van der Waals surface area contributed by atoms with Crippen molar-refractivity contribution in [2.75, 3.05) is 40.0 Å². The number of morpholine rings is 1. The molecular weight excluding hydrogens is 529 g/mol. The number of nitrogens with zero attached hydrogens (tertiary/aromatic N) is 2. The molecule has 33 heavy (non-hydrogen) atoms. The van der Waals surface area contributed by atoms with E-state index >= 15 is 0 Å². The second-order valence-corrected chi connectivity index (χ2v) is 8.51. The molecular formula is C26H36IN3O3. The number of aryl methyl sites for hydroxylation is 1. The highest BCUT2D eigenvalue weighted by atomic mass is 127. The van der Waals surface area contributed by atoms with Crippen molar-refractivity contribution in [1.29, 1.82) is 0 Å². The molecule has 2 aliphatic heterocycles. The lowest BCUT2D eigenvalue weighted by atomic mass is 10.0. The van der Waals surface area contributed by atoms with Gasteiger partial charge in [0.05, 0.1) is 25.9 Å². The zero-order valence-electron chi connectivity index (χ0n) is 19.7. The summed E-state index contributed by atoms with van der Waals surface area (Å²) in [5.74, 6) is 0.913. The van der Waals surface area contributed by atoms with Crippen molar-refractivity contribution < 1.29 is 14.2 Å². The minimum absolute atomic E-state index is 0. The van der Waals surface area contributed by atoms with Crippen LogP contribution in [0.2, 0.25) is 0 Å². The molecule has 1 N–H and O–H groups in total. The van der Waals surface area contributed by atoms with E-state index in [0.29, 0.717) is 19.3 Å². The van der Waals surface area contributed by atoms with Crippen LogP contribution < -0.4 is 5.32 Å². The molecule has 0 radical (unpaired) electrons. The van der Waals surface area contributed by atoms with Crippen LogP contribution >= 0.6 is 24.0 Å². The molecule has 180 valence electrons. The molecule has 2 fully saturated rings. The summed E-state index contributed by atoms with van der Waals surface area (Å²) in [6.07, 6.45) is 2.35. The van der Waals surface area contributed by atoms with Crippen LogP contribution in [-0.2, 0) is 27.4 Å². The lowest BCUT2D eigenvalue weighted by molar-refractivity contribution is -0.0390. The Labute approximate surface area is 214 Å². The average molecular weight is 565 g/mol. The van der Waals surface area contributed by atoms with Crippen LogP contribution in [0.3, 0.4) is 0 Å². The molecule has 2 saturated heterocycles. The van der Waals surface area contributed by atoms with Crippen LogP contribution in [0.1, 0.15) is 41.2 Å². The number of benzene rings is 2. The van der Waals surface area contributed by atoms with Gasteiger partial charge in [0, 0.05) is 33.4 Å². The molecule has 2 heterocycles. The van der Waals surface area contributed by atoms with Crippen molar-refractivity contribution in [3.8, 4) is 0 Å². The molecule has 0 aromatic heterocycles. The number of hydrogen-bond acceptors (Lipinski definition) is 4. The maximum absolute atomic E-state index is 6.08. The van der Waals surface area contributed by atoms with Crippen LogP contribution in [0.25, 0.3) is 0 Å². The minimum atomic E-state index is 0. The standard InChI is InChI=1S/C26H35N3O3.HI/c1-20-6-3-4-9-24(20)25-18-29(12-15-31-25)26(27-2)28-17-21-7-5-8-22(16-21)19-32-23-10-13-30-14-11-23;/h3-9,16,23,25H,10-15,17-19H2,1-2H3,(H,27,28);1H. The highest BCUT2D eigenvalue weighted by Crippen LogP contribution is 2.25. The van der Waals surface area contributed by atoms with Crippen LogP contribution in [-0.4, -0.2) is 56.9 Å². The fourth-order valence-electron chi connectivity index (χ4n) is 4.38. The van der Waals surface area contributed by atoms with Crippen LogP contribution in [0.4, 0.5) is 0 Å². The number of rotatable bonds is 6. The van der Waals surface area contributed by atoms with Gasteiger partial charge in [-0.3, -0.25) is 4.99 Å². The second-order valence-electron chi connectivity index (χ2n) is 8.51. The summed E-state index contributed by atoms with van der Waals surface area (Å²) >= 11 is 0. The SMILES string of the molecule is CN=C(NCc1cccc(COC2CCOCC2)c1)N1CCOC(c2ccccc2C)C1.I. The Morgan fingerprint density at radius 3 is 2.67 bits per heavy atom. The lowest BCUT2D eigenvalue weighted by Gasteiger charge is -2.35. The normalized spacial score (nSPS) is 19.8. The van der Waals surface area contributed by atoms with E-state index in [1.54, 1.807) is 0 Å². The van der Waals surface area contributed by atoms with Gasteiger partial charge in [-0.25, -0.2) is 0 Å². The number of guanidine groups is 1. The number of ether oxygens (including phenoxy) is 3. The fraction of sp³-hybridized carbons (Fsp3) is 0.500. The molecule has 1 unspecified atom stereocenters. The first-order chi connectivity index (χ1) is 15.7. The molecule has 0 amide bonds. The van der Waals surface area contributed by atoms with Crippen LogP contribution in [0.15, 0.2) is 53.5 Å². The van der Waals surface area contributed by atoms with Crippen molar-refractivity contribution in [2.24, 2.45) is 4.99 Å². The quantitative estimate of drug-likeness (QED) is 0.319. The Balaban J connectivity index is 0.00000306. The van der Waals surface area contributed by atoms with Crippen LogP contribution in [0.5, 0.6) is 0 Å². The topological polar surface area (TPSA) is 55.3 Å². The summed E-state index contributed by atoms with van der Waals surface area (Å²) in [6.45, 7) is 7.45. The first-order valence-corrected chi connectivity index (χ1v) is 11.6. The van der Waals surface area contributed by atoms with Gasteiger partial charge in [0.1, 0.15) is 6.10 Å². The Bertz CT molecular complexity index is 902. The van der Waals surface area contributed by atoms with E-state index < -0.39 is 0 Å². The second kappa shape index (κ2) is 13.3. The molecule has 4 rings (SSSR count). The fourth-order valence-corrected chi connectivity index (χ4v) is 4.38. The van der Waals surface area contributed by atoms with Gasteiger partial charge in [-0.15, -0.1) is 24.0 Å². The summed E-state index contributed by atoms with van der Waals surface area (Å²) in [7, 11) is 1.85. The number of nitrogens with one attached hydrogen (secondary N) is 1. The number of aliphatic imine (C=N–C) groups is 1. The summed E-state index contributed by atoms with van der Waals surface area (Å²) in [6, 6.07) is 17.1.